The van der Waals surface area contributed by atoms with Crippen LogP contribution in [0.25, 0.3) is 10.9 Å². The van der Waals surface area contributed by atoms with Gasteiger partial charge in [-0.1, -0.05) is 24.0 Å². The van der Waals surface area contributed by atoms with Crippen LogP contribution in [0.2, 0.25) is 0 Å². The number of anilines is 2. The number of hydrogen-bond donors (Lipinski definition) is 2. The number of carbonyl (C=O) groups excluding carboxylic acids is 2. The Kier molecular flexibility index (Phi) is 13.2. The third-order valence-corrected chi connectivity index (χ3v) is 12.0. The van der Waals surface area contributed by atoms with Gasteiger partial charge in [-0.05, 0) is 81.4 Å². The Labute approximate surface area is 329 Å². The zero-order valence-corrected chi connectivity index (χ0v) is 32.5. The fourth-order valence-electron chi connectivity index (χ4n) is 7.21. The van der Waals surface area contributed by atoms with Gasteiger partial charge in [0, 0.05) is 75.1 Å². The van der Waals surface area contributed by atoms with Crippen LogP contribution in [0.15, 0.2) is 53.7 Å². The molecule has 2 aromatic carbocycles. The topological polar surface area (TPSA) is 129 Å². The Hall–Kier alpha value is -4.99. The second-order valence-corrected chi connectivity index (χ2v) is 15.6. The van der Waals surface area contributed by atoms with E-state index in [1.54, 1.807) is 8.99 Å². The molecule has 12 nitrogen and oxygen atoms in total. The smallest absolute Gasteiger partial charge is 0.351 e. The molecule has 0 bridgehead atoms. The van der Waals surface area contributed by atoms with Gasteiger partial charge in [0.25, 0.3) is 6.43 Å². The molecular weight excluding hydrogens is 770 g/mol. The summed E-state index contributed by atoms with van der Waals surface area (Å²) in [5, 5.41) is 11.1. The first-order valence-electron chi connectivity index (χ1n) is 18.7. The quantitative estimate of drug-likeness (QED) is 0.103. The van der Waals surface area contributed by atoms with Gasteiger partial charge in [-0.3, -0.25) is 14.5 Å². The summed E-state index contributed by atoms with van der Waals surface area (Å²) < 4.78 is 83.7. The number of hydrogen-bond acceptors (Lipinski definition) is 8. The molecule has 2 atom stereocenters. The van der Waals surface area contributed by atoms with Gasteiger partial charge in [-0.25, -0.2) is 32.1 Å². The first-order chi connectivity index (χ1) is 27.3. The largest absolute Gasteiger partial charge is 0.419 e. The van der Waals surface area contributed by atoms with Crippen molar-refractivity contribution in [1.29, 1.82) is 0 Å². The molecule has 2 aliphatic rings. The highest BCUT2D eigenvalue weighted by Gasteiger charge is 2.32. The highest BCUT2D eigenvalue weighted by Crippen LogP contribution is 2.34. The Morgan fingerprint density at radius 1 is 1.05 bits per heavy atom. The molecule has 2 fully saturated rings. The summed E-state index contributed by atoms with van der Waals surface area (Å²) in [7, 11) is 1.71. The van der Waals surface area contributed by atoms with Crippen LogP contribution in [-0.4, -0.2) is 97.3 Å². The highest BCUT2D eigenvalue weighted by molar-refractivity contribution is 7.82. The summed E-state index contributed by atoms with van der Waals surface area (Å²) in [6, 6.07) is 9.58. The third kappa shape index (κ3) is 9.77. The highest BCUT2D eigenvalue weighted by atomic mass is 32.2. The number of rotatable bonds is 11. The van der Waals surface area contributed by atoms with Crippen LogP contribution in [0.4, 0.5) is 38.5 Å². The number of alkyl halides is 5. The standard InChI is InChI=1S/C39H44F5N9O3S/c1-25(51-16-11-26(12-17-51)27-7-9-33-34(22-27)50(3)49-36(33)53(15-4-20-54)38(55)45-2)5-6-28-21-31(8-10-32(28)35(40)41)57(56)52-18-13-30(14-19-52)48-37-46-23-29(24-47-37)39(42,43)44/h7-10,20-26,30,35H,4,11-19H2,1-3H3,(H,45,55)(H,46,47,48). The van der Waals surface area contributed by atoms with E-state index < -0.39 is 29.2 Å². The lowest BCUT2D eigenvalue weighted by Crippen LogP contribution is -2.40. The number of amides is 2. The fourth-order valence-corrected chi connectivity index (χ4v) is 8.46. The number of urea groups is 1. The van der Waals surface area contributed by atoms with Crippen LogP contribution in [0.5, 0.6) is 0 Å². The molecule has 2 unspecified atom stereocenters. The first-order valence-corrected chi connectivity index (χ1v) is 19.8. The number of nitrogens with one attached hydrogen (secondary N) is 2. The molecule has 4 aromatic rings. The zero-order valence-electron chi connectivity index (χ0n) is 31.7. The molecule has 2 amide bonds. The minimum Gasteiger partial charge on any atom is -0.351 e. The molecular formula is C39H44F5N9O3S. The van der Waals surface area contributed by atoms with E-state index >= 15 is 0 Å². The third-order valence-electron chi connectivity index (χ3n) is 10.5. The van der Waals surface area contributed by atoms with Crippen LogP contribution in [0, 0.1) is 11.8 Å². The van der Waals surface area contributed by atoms with Gasteiger partial charge < -0.3 is 15.4 Å². The van der Waals surface area contributed by atoms with E-state index in [4.69, 9.17) is 0 Å². The molecule has 304 valence electrons. The number of fused-ring (bicyclic) bond motifs is 1. The zero-order chi connectivity index (χ0) is 40.9. The number of carbonyl (C=O) groups is 2. The van der Waals surface area contributed by atoms with E-state index in [0.717, 1.165) is 61.1 Å². The average Bonchev–Trinajstić information content (AvgIpc) is 3.54. The molecule has 2 N–H and O–H groups in total. The van der Waals surface area contributed by atoms with E-state index in [9.17, 15) is 35.8 Å². The summed E-state index contributed by atoms with van der Waals surface area (Å²) in [6.07, 6.45) is -2.16. The van der Waals surface area contributed by atoms with Crippen molar-refractivity contribution in [2.45, 2.75) is 74.5 Å². The van der Waals surface area contributed by atoms with Crippen molar-refractivity contribution in [3.63, 3.8) is 0 Å². The van der Waals surface area contributed by atoms with E-state index in [1.807, 2.05) is 20.0 Å². The first kappa shape index (κ1) is 41.6. The molecule has 6 rings (SSSR count). The summed E-state index contributed by atoms with van der Waals surface area (Å²) >= 11 is 0. The number of piperidine rings is 2. The summed E-state index contributed by atoms with van der Waals surface area (Å²) in [5.74, 6) is 6.95. The molecule has 4 heterocycles. The second-order valence-electron chi connectivity index (χ2n) is 14.1. The van der Waals surface area contributed by atoms with Crippen molar-refractivity contribution in [2.75, 3.05) is 50.0 Å². The van der Waals surface area contributed by atoms with Crippen LogP contribution in [-0.2, 0) is 29.0 Å². The lowest BCUT2D eigenvalue weighted by Gasteiger charge is -2.34. The maximum Gasteiger partial charge on any atom is 0.419 e. The minimum atomic E-state index is -4.53. The lowest BCUT2D eigenvalue weighted by molar-refractivity contribution is -0.138. The SMILES string of the molecule is CNC(=O)N(CCC=O)c1nn(C)c2cc(C3CCN(C(C)C#Cc4cc(S(=O)N5CCC(Nc6ncc(C(F)(F)F)cn6)CC5)ccc4C(F)F)CC3)ccc12. The van der Waals surface area contributed by atoms with Crippen LogP contribution >= 0.6 is 0 Å². The Balaban J connectivity index is 1.07. The normalized spacial score (nSPS) is 17.2. The van der Waals surface area contributed by atoms with Crippen molar-refractivity contribution in [2.24, 2.45) is 7.05 Å². The van der Waals surface area contributed by atoms with E-state index in [0.29, 0.717) is 36.6 Å². The van der Waals surface area contributed by atoms with Crippen molar-refractivity contribution >= 4 is 46.0 Å². The summed E-state index contributed by atoms with van der Waals surface area (Å²) in [5.41, 5.74) is 0.971. The number of aryl methyl sites for hydroxylation is 1. The molecule has 18 heteroatoms. The van der Waals surface area contributed by atoms with Gasteiger partial charge >= 0.3 is 12.2 Å². The van der Waals surface area contributed by atoms with Gasteiger partial charge in [0.1, 0.15) is 17.3 Å². The Morgan fingerprint density at radius 2 is 1.75 bits per heavy atom. The van der Waals surface area contributed by atoms with Crippen molar-refractivity contribution in [3.8, 4) is 11.8 Å². The van der Waals surface area contributed by atoms with Crippen molar-refractivity contribution in [3.05, 3.63) is 71.0 Å². The molecule has 0 radical (unpaired) electrons. The molecule has 2 aromatic heterocycles. The minimum absolute atomic E-state index is 0.0747. The number of likely N-dealkylation sites (tertiary alicyclic amines) is 1. The van der Waals surface area contributed by atoms with Crippen molar-refractivity contribution in [1.82, 2.24) is 34.3 Å². The number of aromatic nitrogens is 4. The molecule has 0 saturated carbocycles. The average molecular weight is 814 g/mol. The number of aldehydes is 1. The Bertz CT molecular complexity index is 2140. The molecule has 57 heavy (non-hydrogen) atoms. The number of benzene rings is 2. The summed E-state index contributed by atoms with van der Waals surface area (Å²) in [4.78, 5) is 35.2. The lowest BCUT2D eigenvalue weighted by atomic mass is 9.88. The number of halogens is 5. The van der Waals surface area contributed by atoms with Gasteiger partial charge in [-0.2, -0.15) is 18.3 Å². The maximum absolute atomic E-state index is 14.1. The number of nitrogens with zero attached hydrogens (tertiary/aromatic N) is 7. The van der Waals surface area contributed by atoms with Gasteiger partial charge in [-0.15, -0.1) is 0 Å². The van der Waals surface area contributed by atoms with Crippen LogP contribution in [0.3, 0.4) is 0 Å². The predicted octanol–water partition coefficient (Wildman–Crippen LogP) is 6.27. The van der Waals surface area contributed by atoms with Crippen LogP contribution < -0.4 is 15.5 Å². The van der Waals surface area contributed by atoms with E-state index in [1.165, 1.54) is 30.1 Å². The monoisotopic (exact) mass is 813 g/mol. The van der Waals surface area contributed by atoms with Gasteiger partial charge in [0.2, 0.25) is 5.95 Å². The second kappa shape index (κ2) is 18.1. The van der Waals surface area contributed by atoms with Crippen molar-refractivity contribution < 1.29 is 35.8 Å². The van der Waals surface area contributed by atoms with Gasteiger partial charge in [0.05, 0.1) is 22.0 Å². The predicted molar refractivity (Wildman–Crippen MR) is 206 cm³/mol. The molecule has 2 saturated heterocycles. The van der Waals surface area contributed by atoms with E-state index in [-0.39, 0.29) is 54.1 Å². The van der Waals surface area contributed by atoms with Gasteiger partial charge in [0.15, 0.2) is 5.82 Å². The summed E-state index contributed by atoms with van der Waals surface area (Å²) in [6.45, 7) is 4.42. The molecule has 0 spiro atoms. The molecule has 0 aliphatic carbocycles. The van der Waals surface area contributed by atoms with Crippen LogP contribution in [0.1, 0.15) is 73.6 Å². The van der Waals surface area contributed by atoms with E-state index in [2.05, 4.69) is 54.6 Å². The maximum atomic E-state index is 14.1. The fraction of sp³-hybridized carbons (Fsp3) is 0.462. The molecule has 2 aliphatic heterocycles. The Morgan fingerprint density at radius 3 is 2.39 bits per heavy atom.